The van der Waals surface area contributed by atoms with Crippen LogP contribution < -0.4 is 14.8 Å². The zero-order valence-electron chi connectivity index (χ0n) is 10.9. The molecule has 1 heterocycles. The van der Waals surface area contributed by atoms with Crippen LogP contribution in [0.3, 0.4) is 0 Å². The molecule has 0 aliphatic rings. The zero-order chi connectivity index (χ0) is 13.7. The molecule has 5 heteroatoms. The second kappa shape index (κ2) is 6.45. The lowest BCUT2D eigenvalue weighted by molar-refractivity contribution is 0.195. The van der Waals surface area contributed by atoms with Crippen LogP contribution in [0.2, 0.25) is 0 Å². The van der Waals surface area contributed by atoms with Gasteiger partial charge in [-0.15, -0.1) is 11.3 Å². The Balaban J connectivity index is 2.03. The number of benzene rings is 1. The summed E-state index contributed by atoms with van der Waals surface area (Å²) in [7, 11) is 3.22. The molecule has 1 unspecified atom stereocenters. The summed E-state index contributed by atoms with van der Waals surface area (Å²) in [6.45, 7) is 0.434. The van der Waals surface area contributed by atoms with E-state index in [9.17, 15) is 5.11 Å². The van der Waals surface area contributed by atoms with Crippen LogP contribution in [0, 0.1) is 0 Å². The fraction of sp³-hybridized carbons (Fsp3) is 0.286. The predicted molar refractivity (Wildman–Crippen MR) is 77.3 cm³/mol. The molecule has 0 saturated heterocycles. The number of ether oxygens (including phenoxy) is 2. The standard InChI is InChI=1S/C14H17NO3S/c1-17-10-5-6-11(13(8-10)18-2)15-9-12(16)14-4-3-7-19-14/h3-8,12,15-16H,9H2,1-2H3. The van der Waals surface area contributed by atoms with Crippen LogP contribution >= 0.6 is 11.3 Å². The number of methoxy groups -OCH3 is 2. The molecule has 0 spiro atoms. The first kappa shape index (κ1) is 13.7. The number of aliphatic hydroxyl groups excluding tert-OH is 1. The van der Waals surface area contributed by atoms with Crippen molar-refractivity contribution in [3.8, 4) is 11.5 Å². The highest BCUT2D eigenvalue weighted by Crippen LogP contribution is 2.29. The normalized spacial score (nSPS) is 11.9. The lowest BCUT2D eigenvalue weighted by Gasteiger charge is -2.14. The number of thiophene rings is 1. The molecule has 2 N–H and O–H groups in total. The van der Waals surface area contributed by atoms with E-state index in [0.717, 1.165) is 16.3 Å². The number of nitrogens with one attached hydrogen (secondary N) is 1. The quantitative estimate of drug-likeness (QED) is 0.853. The van der Waals surface area contributed by atoms with Crippen LogP contribution in [0.1, 0.15) is 11.0 Å². The lowest BCUT2D eigenvalue weighted by Crippen LogP contribution is -2.11. The number of rotatable bonds is 6. The van der Waals surface area contributed by atoms with Gasteiger partial charge in [0.15, 0.2) is 0 Å². The van der Waals surface area contributed by atoms with Crippen molar-refractivity contribution >= 4 is 17.0 Å². The van der Waals surface area contributed by atoms with Crippen molar-refractivity contribution in [3.05, 3.63) is 40.6 Å². The smallest absolute Gasteiger partial charge is 0.145 e. The Bertz CT molecular complexity index is 513. The van der Waals surface area contributed by atoms with Gasteiger partial charge in [-0.25, -0.2) is 0 Å². The first-order chi connectivity index (χ1) is 9.24. The van der Waals surface area contributed by atoms with E-state index >= 15 is 0 Å². The van der Waals surface area contributed by atoms with Crippen LogP contribution in [-0.4, -0.2) is 25.9 Å². The van der Waals surface area contributed by atoms with Gasteiger partial charge in [0.2, 0.25) is 0 Å². The minimum absolute atomic E-state index is 0.434. The highest BCUT2D eigenvalue weighted by atomic mass is 32.1. The largest absolute Gasteiger partial charge is 0.497 e. The number of hydrogen-bond donors (Lipinski definition) is 2. The van der Waals surface area contributed by atoms with Gasteiger partial charge in [0.05, 0.1) is 19.9 Å². The Labute approximate surface area is 116 Å². The molecular formula is C14H17NO3S. The molecule has 102 valence electrons. The minimum atomic E-state index is -0.521. The maximum atomic E-state index is 10.0. The monoisotopic (exact) mass is 279 g/mol. The number of anilines is 1. The fourth-order valence-corrected chi connectivity index (χ4v) is 2.44. The van der Waals surface area contributed by atoms with Gasteiger partial charge in [0.25, 0.3) is 0 Å². The summed E-state index contributed by atoms with van der Waals surface area (Å²) in [5, 5.41) is 15.1. The molecule has 4 nitrogen and oxygen atoms in total. The second-order valence-corrected chi connectivity index (χ2v) is 4.96. The molecule has 1 atom stereocenters. The maximum absolute atomic E-state index is 10.0. The molecule has 1 aromatic heterocycles. The first-order valence-corrected chi connectivity index (χ1v) is 6.80. The molecule has 2 aromatic rings. The van der Waals surface area contributed by atoms with Crippen LogP contribution in [-0.2, 0) is 0 Å². The van der Waals surface area contributed by atoms with Crippen molar-refractivity contribution in [2.75, 3.05) is 26.1 Å². The van der Waals surface area contributed by atoms with E-state index in [1.165, 1.54) is 0 Å². The zero-order valence-corrected chi connectivity index (χ0v) is 11.7. The predicted octanol–water partition coefficient (Wildman–Crippen LogP) is 2.91. The van der Waals surface area contributed by atoms with Crippen molar-refractivity contribution in [2.24, 2.45) is 0 Å². The van der Waals surface area contributed by atoms with E-state index in [-0.39, 0.29) is 0 Å². The molecule has 0 bridgehead atoms. The van der Waals surface area contributed by atoms with Crippen molar-refractivity contribution in [3.63, 3.8) is 0 Å². The third-order valence-electron chi connectivity index (χ3n) is 2.77. The summed E-state index contributed by atoms with van der Waals surface area (Å²) < 4.78 is 10.4. The molecule has 0 fully saturated rings. The fourth-order valence-electron chi connectivity index (χ4n) is 1.73. The molecule has 0 aliphatic heterocycles. The van der Waals surface area contributed by atoms with Gasteiger partial charge in [-0.05, 0) is 23.6 Å². The summed E-state index contributed by atoms with van der Waals surface area (Å²) in [6, 6.07) is 9.38. The Morgan fingerprint density at radius 3 is 2.74 bits per heavy atom. The summed E-state index contributed by atoms with van der Waals surface area (Å²) in [4.78, 5) is 0.944. The third-order valence-corrected chi connectivity index (χ3v) is 3.74. The topological polar surface area (TPSA) is 50.7 Å². The van der Waals surface area contributed by atoms with Crippen molar-refractivity contribution in [1.29, 1.82) is 0 Å². The van der Waals surface area contributed by atoms with Gasteiger partial charge >= 0.3 is 0 Å². The highest BCUT2D eigenvalue weighted by Gasteiger charge is 2.10. The highest BCUT2D eigenvalue weighted by molar-refractivity contribution is 7.10. The van der Waals surface area contributed by atoms with Gasteiger partial charge in [-0.1, -0.05) is 6.07 Å². The van der Waals surface area contributed by atoms with Crippen LogP contribution in [0.4, 0.5) is 5.69 Å². The van der Waals surface area contributed by atoms with E-state index in [2.05, 4.69) is 5.32 Å². The molecule has 1 aromatic carbocycles. The van der Waals surface area contributed by atoms with Crippen molar-refractivity contribution < 1.29 is 14.6 Å². The number of hydrogen-bond acceptors (Lipinski definition) is 5. The maximum Gasteiger partial charge on any atom is 0.145 e. The van der Waals surface area contributed by atoms with Gasteiger partial charge in [0, 0.05) is 17.5 Å². The molecule has 0 aliphatic carbocycles. The van der Waals surface area contributed by atoms with Crippen molar-refractivity contribution in [1.82, 2.24) is 0 Å². The van der Waals surface area contributed by atoms with E-state index in [0.29, 0.717) is 12.3 Å². The Morgan fingerprint density at radius 2 is 2.11 bits per heavy atom. The first-order valence-electron chi connectivity index (χ1n) is 5.92. The molecule has 19 heavy (non-hydrogen) atoms. The summed E-state index contributed by atoms with van der Waals surface area (Å²) in [5.74, 6) is 1.43. The molecule has 0 amide bonds. The van der Waals surface area contributed by atoms with Gasteiger partial charge in [-0.2, -0.15) is 0 Å². The molecular weight excluding hydrogens is 262 g/mol. The van der Waals surface area contributed by atoms with E-state index in [1.54, 1.807) is 31.6 Å². The van der Waals surface area contributed by atoms with Gasteiger partial charge in [0.1, 0.15) is 17.6 Å². The van der Waals surface area contributed by atoms with Gasteiger partial charge in [-0.3, -0.25) is 0 Å². The lowest BCUT2D eigenvalue weighted by atomic mass is 10.2. The third kappa shape index (κ3) is 3.39. The molecule has 0 saturated carbocycles. The molecule has 0 radical (unpaired) electrons. The minimum Gasteiger partial charge on any atom is -0.497 e. The molecule has 2 rings (SSSR count). The Morgan fingerprint density at radius 1 is 1.26 bits per heavy atom. The van der Waals surface area contributed by atoms with Gasteiger partial charge < -0.3 is 19.9 Å². The Kier molecular flexibility index (Phi) is 4.65. The average Bonchev–Trinajstić information content (AvgIpc) is 2.98. The van der Waals surface area contributed by atoms with E-state index < -0.39 is 6.10 Å². The van der Waals surface area contributed by atoms with E-state index in [4.69, 9.17) is 9.47 Å². The second-order valence-electron chi connectivity index (χ2n) is 3.98. The Hall–Kier alpha value is -1.72. The van der Waals surface area contributed by atoms with Crippen LogP contribution in [0.5, 0.6) is 11.5 Å². The summed E-state index contributed by atoms with van der Waals surface area (Å²) in [6.07, 6.45) is -0.521. The van der Waals surface area contributed by atoms with E-state index in [1.807, 2.05) is 29.6 Å². The average molecular weight is 279 g/mol. The summed E-state index contributed by atoms with van der Waals surface area (Å²) >= 11 is 1.54. The summed E-state index contributed by atoms with van der Waals surface area (Å²) in [5.41, 5.74) is 0.832. The number of aliphatic hydroxyl groups is 1. The SMILES string of the molecule is COc1ccc(NCC(O)c2cccs2)c(OC)c1. The van der Waals surface area contributed by atoms with Crippen LogP contribution in [0.15, 0.2) is 35.7 Å². The van der Waals surface area contributed by atoms with Crippen molar-refractivity contribution in [2.45, 2.75) is 6.10 Å². The van der Waals surface area contributed by atoms with Crippen LogP contribution in [0.25, 0.3) is 0 Å².